The smallest absolute Gasteiger partial charge is 0.114 e. The van der Waals surface area contributed by atoms with E-state index in [1.165, 1.54) is 5.01 Å². The van der Waals surface area contributed by atoms with Crippen LogP contribution in [0.4, 0.5) is 11.4 Å². The van der Waals surface area contributed by atoms with Gasteiger partial charge in [0, 0.05) is 7.05 Å². The van der Waals surface area contributed by atoms with Crippen molar-refractivity contribution >= 4 is 24.7 Å². The Labute approximate surface area is 80.1 Å². The van der Waals surface area contributed by atoms with Gasteiger partial charge >= 0.3 is 0 Å². The summed E-state index contributed by atoms with van der Waals surface area (Å²) in [5.41, 5.74) is 9.97. The zero-order valence-electron chi connectivity index (χ0n) is 8.26. The molecule has 2 radical (unpaired) electrons. The van der Waals surface area contributed by atoms with E-state index in [-0.39, 0.29) is 0 Å². The van der Waals surface area contributed by atoms with Crippen LogP contribution in [0.5, 0.6) is 0 Å². The van der Waals surface area contributed by atoms with Crippen LogP contribution in [-0.4, -0.2) is 14.9 Å². The first kappa shape index (κ1) is 9.93. The third-order valence-corrected chi connectivity index (χ3v) is 2.19. The molecule has 1 aromatic rings. The van der Waals surface area contributed by atoms with Crippen LogP contribution < -0.4 is 22.0 Å². The normalized spacial score (nSPS) is 10.2. The van der Waals surface area contributed by atoms with Crippen molar-refractivity contribution < 1.29 is 0 Å². The molecule has 0 aliphatic heterocycles. The first-order chi connectivity index (χ1) is 5.95. The van der Waals surface area contributed by atoms with E-state index in [9.17, 15) is 0 Å². The summed E-state index contributed by atoms with van der Waals surface area (Å²) in [7, 11) is 7.51. The lowest BCUT2D eigenvalue weighted by atomic mass is 9.88. The Hall–Kier alpha value is -1.16. The molecule has 13 heavy (non-hydrogen) atoms. The summed E-state index contributed by atoms with van der Waals surface area (Å²) >= 11 is 0. The van der Waals surface area contributed by atoms with Gasteiger partial charge in [0.1, 0.15) is 7.85 Å². The van der Waals surface area contributed by atoms with E-state index >= 15 is 0 Å². The fourth-order valence-corrected chi connectivity index (χ4v) is 1.42. The molecule has 0 fully saturated rings. The third kappa shape index (κ3) is 1.63. The summed E-state index contributed by atoms with van der Waals surface area (Å²) in [5, 5.41) is 1.51. The van der Waals surface area contributed by atoms with Gasteiger partial charge in [0.25, 0.3) is 0 Å². The molecule has 1 rings (SSSR count). The molecule has 0 bridgehead atoms. The van der Waals surface area contributed by atoms with Crippen molar-refractivity contribution in [2.45, 2.75) is 13.8 Å². The number of hydrazine groups is 1. The van der Waals surface area contributed by atoms with Crippen molar-refractivity contribution in [3.05, 3.63) is 17.2 Å². The van der Waals surface area contributed by atoms with Crippen LogP contribution in [0.25, 0.3) is 0 Å². The van der Waals surface area contributed by atoms with Gasteiger partial charge in [-0.15, -0.1) is 0 Å². The second kappa shape index (κ2) is 3.30. The van der Waals surface area contributed by atoms with Crippen molar-refractivity contribution in [1.29, 1.82) is 0 Å². The number of nitrogens with zero attached hydrogens (tertiary/aromatic N) is 1. The average molecular weight is 175 g/mol. The molecule has 0 spiro atoms. The number of hydrogen-bond donors (Lipinski definition) is 2. The first-order valence-electron chi connectivity index (χ1n) is 4.08. The summed E-state index contributed by atoms with van der Waals surface area (Å²) in [4.78, 5) is 0. The van der Waals surface area contributed by atoms with Crippen LogP contribution in [0.2, 0.25) is 0 Å². The topological polar surface area (TPSA) is 55.3 Å². The first-order valence-corrected chi connectivity index (χ1v) is 4.08. The van der Waals surface area contributed by atoms with Gasteiger partial charge in [0.05, 0.1) is 11.4 Å². The van der Waals surface area contributed by atoms with Gasteiger partial charge in [-0.25, -0.2) is 5.84 Å². The summed E-state index contributed by atoms with van der Waals surface area (Å²) < 4.78 is 0. The van der Waals surface area contributed by atoms with Crippen LogP contribution in [0.3, 0.4) is 0 Å². The standard InChI is InChI=1S/C9H14BN3/c1-5-4-7(10)6(2)8(11)9(5)13(3)12/h4H,11-12H2,1-3H3. The quantitative estimate of drug-likeness (QED) is 0.273. The Morgan fingerprint density at radius 3 is 2.38 bits per heavy atom. The number of nitrogens with two attached hydrogens (primary N) is 2. The summed E-state index contributed by atoms with van der Waals surface area (Å²) in [6.07, 6.45) is 0. The minimum absolute atomic E-state index is 0.655. The van der Waals surface area contributed by atoms with E-state index in [0.29, 0.717) is 11.2 Å². The maximum atomic E-state index is 5.88. The molecule has 0 unspecified atom stereocenters. The molecular formula is C9H14BN3. The molecule has 1 aromatic carbocycles. The third-order valence-electron chi connectivity index (χ3n) is 2.19. The van der Waals surface area contributed by atoms with E-state index in [0.717, 1.165) is 16.8 Å². The van der Waals surface area contributed by atoms with Gasteiger partial charge in [0.2, 0.25) is 0 Å². The second-order valence-electron chi connectivity index (χ2n) is 3.28. The molecule has 0 atom stereocenters. The lowest BCUT2D eigenvalue weighted by Gasteiger charge is -2.20. The number of rotatable bonds is 1. The van der Waals surface area contributed by atoms with Crippen LogP contribution in [0.1, 0.15) is 11.1 Å². The van der Waals surface area contributed by atoms with Crippen LogP contribution in [-0.2, 0) is 0 Å². The van der Waals surface area contributed by atoms with Crippen molar-refractivity contribution in [3.63, 3.8) is 0 Å². The van der Waals surface area contributed by atoms with Crippen molar-refractivity contribution in [1.82, 2.24) is 0 Å². The molecular weight excluding hydrogens is 161 g/mol. The van der Waals surface area contributed by atoms with E-state index in [1.807, 2.05) is 19.9 Å². The highest BCUT2D eigenvalue weighted by Gasteiger charge is 2.09. The van der Waals surface area contributed by atoms with Gasteiger partial charge in [-0.05, 0) is 25.0 Å². The average Bonchev–Trinajstić information content (AvgIpc) is 1.99. The number of benzene rings is 1. The predicted octanol–water partition coefficient (Wildman–Crippen LogP) is -0.0107. The highest BCUT2D eigenvalue weighted by atomic mass is 15.4. The zero-order chi connectivity index (χ0) is 10.2. The van der Waals surface area contributed by atoms with E-state index in [4.69, 9.17) is 19.4 Å². The lowest BCUT2D eigenvalue weighted by Crippen LogP contribution is -2.28. The molecule has 3 nitrogen and oxygen atoms in total. The van der Waals surface area contributed by atoms with Gasteiger partial charge < -0.3 is 10.7 Å². The second-order valence-corrected chi connectivity index (χ2v) is 3.28. The van der Waals surface area contributed by atoms with Crippen molar-refractivity contribution in [2.24, 2.45) is 5.84 Å². The lowest BCUT2D eigenvalue weighted by molar-refractivity contribution is 1.01. The van der Waals surface area contributed by atoms with Gasteiger partial charge in [-0.2, -0.15) is 0 Å². The molecule has 0 amide bonds. The maximum Gasteiger partial charge on any atom is 0.114 e. The molecule has 0 saturated carbocycles. The summed E-state index contributed by atoms with van der Waals surface area (Å²) in [6.45, 7) is 3.82. The Kier molecular flexibility index (Phi) is 2.52. The largest absolute Gasteiger partial charge is 0.397 e. The Morgan fingerprint density at radius 1 is 1.38 bits per heavy atom. The highest BCUT2D eigenvalue weighted by Crippen LogP contribution is 2.26. The Morgan fingerprint density at radius 2 is 1.92 bits per heavy atom. The Balaban J connectivity index is 3.44. The minimum atomic E-state index is 0.655. The van der Waals surface area contributed by atoms with E-state index < -0.39 is 0 Å². The van der Waals surface area contributed by atoms with Crippen molar-refractivity contribution in [2.75, 3.05) is 17.8 Å². The predicted molar refractivity (Wildman–Crippen MR) is 58.3 cm³/mol. The molecule has 0 saturated heterocycles. The van der Waals surface area contributed by atoms with Crippen molar-refractivity contribution in [3.8, 4) is 0 Å². The maximum absolute atomic E-state index is 5.88. The number of aryl methyl sites for hydroxylation is 1. The molecule has 4 heteroatoms. The summed E-state index contributed by atoms with van der Waals surface area (Å²) in [5.74, 6) is 5.65. The number of nitrogen functional groups attached to an aromatic ring is 1. The van der Waals surface area contributed by atoms with Gasteiger partial charge in [0.15, 0.2) is 0 Å². The molecule has 0 heterocycles. The fourth-order valence-electron chi connectivity index (χ4n) is 1.42. The molecule has 0 aliphatic carbocycles. The molecule has 4 N–H and O–H groups in total. The van der Waals surface area contributed by atoms with E-state index in [2.05, 4.69) is 0 Å². The fraction of sp³-hybridized carbons (Fsp3) is 0.333. The van der Waals surface area contributed by atoms with Crippen LogP contribution in [0.15, 0.2) is 6.07 Å². The molecule has 0 aromatic heterocycles. The molecule has 0 aliphatic rings. The highest BCUT2D eigenvalue weighted by molar-refractivity contribution is 6.34. The van der Waals surface area contributed by atoms with Crippen LogP contribution in [0, 0.1) is 13.8 Å². The van der Waals surface area contributed by atoms with Gasteiger partial charge in [-0.3, -0.25) is 0 Å². The Bertz CT molecular complexity index is 334. The van der Waals surface area contributed by atoms with E-state index in [1.54, 1.807) is 7.05 Å². The molecule has 68 valence electrons. The SMILES string of the molecule is [B]c1cc(C)c(N(C)N)c(N)c1C. The monoisotopic (exact) mass is 175 g/mol. The zero-order valence-corrected chi connectivity index (χ0v) is 8.26. The van der Waals surface area contributed by atoms with Crippen LogP contribution >= 0.6 is 0 Å². The minimum Gasteiger partial charge on any atom is -0.397 e. The summed E-state index contributed by atoms with van der Waals surface area (Å²) in [6, 6.07) is 1.88. The number of hydrogen-bond acceptors (Lipinski definition) is 3. The van der Waals surface area contributed by atoms with Gasteiger partial charge in [-0.1, -0.05) is 11.5 Å². The number of anilines is 2.